The summed E-state index contributed by atoms with van der Waals surface area (Å²) in [6.07, 6.45) is 3.07. The molecule has 0 saturated heterocycles. The van der Waals surface area contributed by atoms with Gasteiger partial charge in [0.15, 0.2) is 0 Å². The van der Waals surface area contributed by atoms with Crippen LogP contribution in [0.15, 0.2) is 35.8 Å². The van der Waals surface area contributed by atoms with Crippen LogP contribution in [-0.2, 0) is 17.3 Å². The first-order chi connectivity index (χ1) is 8.79. The maximum absolute atomic E-state index is 4.62. The van der Waals surface area contributed by atoms with Crippen molar-refractivity contribution in [3.63, 3.8) is 0 Å². The highest BCUT2D eigenvalue weighted by Gasteiger charge is 2.23. The summed E-state index contributed by atoms with van der Waals surface area (Å²) in [7, 11) is 0. The van der Waals surface area contributed by atoms with E-state index in [-0.39, 0.29) is 10.8 Å². The van der Waals surface area contributed by atoms with Gasteiger partial charge in [-0.3, -0.25) is 4.98 Å². The molecular formula is C17H23NS. The van der Waals surface area contributed by atoms with Crippen LogP contribution in [0.4, 0.5) is 0 Å². The van der Waals surface area contributed by atoms with Crippen molar-refractivity contribution < 1.29 is 0 Å². The smallest absolute Gasteiger partial charge is 0.0457 e. The summed E-state index contributed by atoms with van der Waals surface area (Å²) in [6, 6.07) is 8.74. The molecule has 0 aliphatic carbocycles. The normalized spacial score (nSPS) is 12.7. The average Bonchev–Trinajstić information content (AvgIpc) is 2.82. The molecule has 0 radical (unpaired) electrons. The molecule has 0 aliphatic rings. The molecule has 2 aromatic heterocycles. The Morgan fingerprint density at radius 1 is 1.05 bits per heavy atom. The first kappa shape index (κ1) is 14.3. The Morgan fingerprint density at radius 3 is 2.26 bits per heavy atom. The second kappa shape index (κ2) is 5.09. The van der Waals surface area contributed by atoms with Crippen molar-refractivity contribution in [3.05, 3.63) is 52.0 Å². The third-order valence-corrected chi connectivity index (χ3v) is 4.66. The summed E-state index contributed by atoms with van der Waals surface area (Å²) in [5.74, 6) is 0. The molecule has 0 amide bonds. The highest BCUT2D eigenvalue weighted by molar-refractivity contribution is 7.10. The zero-order valence-corrected chi connectivity index (χ0v) is 13.3. The molecule has 0 N–H and O–H groups in total. The third-order valence-electron chi connectivity index (χ3n) is 3.43. The van der Waals surface area contributed by atoms with Crippen LogP contribution >= 0.6 is 11.3 Å². The second-order valence-corrected chi connectivity index (χ2v) is 7.79. The first-order valence-electron chi connectivity index (χ1n) is 6.78. The molecule has 2 heteroatoms. The predicted molar refractivity (Wildman–Crippen MR) is 84.0 cm³/mol. The van der Waals surface area contributed by atoms with E-state index in [1.807, 2.05) is 17.5 Å². The van der Waals surface area contributed by atoms with Crippen molar-refractivity contribution >= 4 is 11.3 Å². The lowest BCUT2D eigenvalue weighted by atomic mass is 9.84. The Balaban J connectivity index is 2.16. The quantitative estimate of drug-likeness (QED) is 0.770. The number of hydrogen-bond acceptors (Lipinski definition) is 2. The van der Waals surface area contributed by atoms with E-state index >= 15 is 0 Å². The van der Waals surface area contributed by atoms with Gasteiger partial charge in [-0.2, -0.15) is 0 Å². The van der Waals surface area contributed by atoms with Crippen LogP contribution < -0.4 is 0 Å². The van der Waals surface area contributed by atoms with Gasteiger partial charge < -0.3 is 0 Å². The molecule has 0 aliphatic heterocycles. The number of nitrogens with zero attached hydrogens (tertiary/aromatic N) is 1. The van der Waals surface area contributed by atoms with Gasteiger partial charge >= 0.3 is 0 Å². The molecule has 2 heterocycles. The molecule has 1 nitrogen and oxygen atoms in total. The third kappa shape index (κ3) is 3.44. The summed E-state index contributed by atoms with van der Waals surface area (Å²) < 4.78 is 0. The lowest BCUT2D eigenvalue weighted by molar-refractivity contribution is 0.529. The summed E-state index contributed by atoms with van der Waals surface area (Å²) in [5.41, 5.74) is 2.78. The van der Waals surface area contributed by atoms with Crippen molar-refractivity contribution in [1.29, 1.82) is 0 Å². The van der Waals surface area contributed by atoms with Crippen LogP contribution in [0.5, 0.6) is 0 Å². The Labute approximate surface area is 120 Å². The second-order valence-electron chi connectivity index (χ2n) is 6.84. The molecule has 0 saturated carbocycles. The summed E-state index contributed by atoms with van der Waals surface area (Å²) >= 11 is 1.84. The molecule has 0 spiro atoms. The standard InChI is InChI=1S/C17H23NS/c1-16(2,3)14-9-8-13(12-18-14)11-17(4,5)15-7-6-10-19-15/h6-10,12H,11H2,1-5H3. The lowest BCUT2D eigenvalue weighted by Gasteiger charge is -2.24. The van der Waals surface area contributed by atoms with Gasteiger partial charge in [-0.25, -0.2) is 0 Å². The van der Waals surface area contributed by atoms with Gasteiger partial charge in [0.05, 0.1) is 0 Å². The van der Waals surface area contributed by atoms with Gasteiger partial charge in [-0.15, -0.1) is 11.3 Å². The van der Waals surface area contributed by atoms with Crippen molar-refractivity contribution in [3.8, 4) is 0 Å². The number of thiophene rings is 1. The van der Waals surface area contributed by atoms with E-state index in [1.165, 1.54) is 10.4 Å². The number of hydrogen-bond donors (Lipinski definition) is 0. The Bertz CT molecular complexity index is 515. The zero-order valence-electron chi connectivity index (χ0n) is 12.5. The Kier molecular flexibility index (Phi) is 3.82. The fourth-order valence-electron chi connectivity index (χ4n) is 2.23. The Morgan fingerprint density at radius 2 is 1.79 bits per heavy atom. The molecule has 0 atom stereocenters. The van der Waals surface area contributed by atoms with Crippen molar-refractivity contribution in [2.75, 3.05) is 0 Å². The predicted octanol–water partition coefficient (Wildman–Crippen LogP) is 4.96. The van der Waals surface area contributed by atoms with Crippen LogP contribution in [0.2, 0.25) is 0 Å². The van der Waals surface area contributed by atoms with Gasteiger partial charge in [0.25, 0.3) is 0 Å². The number of rotatable bonds is 3. The Hall–Kier alpha value is -1.15. The van der Waals surface area contributed by atoms with Crippen LogP contribution in [0, 0.1) is 0 Å². The van der Waals surface area contributed by atoms with Crippen LogP contribution in [0.1, 0.15) is 50.8 Å². The average molecular weight is 273 g/mol. The summed E-state index contributed by atoms with van der Waals surface area (Å²) in [6.45, 7) is 11.2. The van der Waals surface area contributed by atoms with Crippen LogP contribution in [0.3, 0.4) is 0 Å². The topological polar surface area (TPSA) is 12.9 Å². The van der Waals surface area contributed by atoms with Crippen LogP contribution in [0.25, 0.3) is 0 Å². The molecule has 2 rings (SSSR count). The minimum atomic E-state index is 0.127. The minimum Gasteiger partial charge on any atom is -0.260 e. The lowest BCUT2D eigenvalue weighted by Crippen LogP contribution is -2.19. The monoisotopic (exact) mass is 273 g/mol. The fraction of sp³-hybridized carbons (Fsp3) is 0.471. The minimum absolute atomic E-state index is 0.127. The summed E-state index contributed by atoms with van der Waals surface area (Å²) in [5, 5.41) is 2.15. The van der Waals surface area contributed by atoms with Gasteiger partial charge in [0, 0.05) is 27.6 Å². The maximum atomic E-state index is 4.62. The molecule has 2 aromatic rings. The molecule has 0 bridgehead atoms. The SMILES string of the molecule is CC(C)(C)c1ccc(CC(C)(C)c2cccs2)cn1. The van der Waals surface area contributed by atoms with E-state index in [0.717, 1.165) is 12.1 Å². The van der Waals surface area contributed by atoms with E-state index in [9.17, 15) is 0 Å². The molecule has 0 fully saturated rings. The highest BCUT2D eigenvalue weighted by Crippen LogP contribution is 2.31. The zero-order chi connectivity index (χ0) is 14.1. The van der Waals surface area contributed by atoms with Gasteiger partial charge in [-0.1, -0.05) is 46.8 Å². The van der Waals surface area contributed by atoms with Gasteiger partial charge in [0.2, 0.25) is 0 Å². The van der Waals surface area contributed by atoms with E-state index in [0.29, 0.717) is 0 Å². The summed E-state index contributed by atoms with van der Waals surface area (Å²) in [4.78, 5) is 6.06. The van der Waals surface area contributed by atoms with E-state index in [1.54, 1.807) is 0 Å². The van der Waals surface area contributed by atoms with E-state index in [2.05, 4.69) is 69.2 Å². The van der Waals surface area contributed by atoms with Crippen molar-refractivity contribution in [2.24, 2.45) is 0 Å². The van der Waals surface area contributed by atoms with Gasteiger partial charge in [0.1, 0.15) is 0 Å². The number of aromatic nitrogens is 1. The van der Waals surface area contributed by atoms with E-state index in [4.69, 9.17) is 0 Å². The first-order valence-corrected chi connectivity index (χ1v) is 7.66. The molecule has 102 valence electrons. The van der Waals surface area contributed by atoms with Crippen molar-refractivity contribution in [2.45, 2.75) is 51.9 Å². The molecule has 0 unspecified atom stereocenters. The highest BCUT2D eigenvalue weighted by atomic mass is 32.1. The number of pyridine rings is 1. The molecule has 0 aromatic carbocycles. The van der Waals surface area contributed by atoms with Crippen LogP contribution in [-0.4, -0.2) is 4.98 Å². The molecule has 19 heavy (non-hydrogen) atoms. The van der Waals surface area contributed by atoms with Crippen molar-refractivity contribution in [1.82, 2.24) is 4.98 Å². The fourth-order valence-corrected chi connectivity index (χ4v) is 3.09. The van der Waals surface area contributed by atoms with E-state index < -0.39 is 0 Å². The largest absolute Gasteiger partial charge is 0.260 e. The van der Waals surface area contributed by atoms with Gasteiger partial charge in [-0.05, 0) is 29.5 Å². The molecular weight excluding hydrogens is 250 g/mol. The maximum Gasteiger partial charge on any atom is 0.0457 e.